The van der Waals surface area contributed by atoms with Crippen molar-refractivity contribution < 1.29 is 0 Å². The number of benzene rings is 1. The lowest BCUT2D eigenvalue weighted by Crippen LogP contribution is -1.94. The van der Waals surface area contributed by atoms with Gasteiger partial charge in [0.1, 0.15) is 5.15 Å². The van der Waals surface area contributed by atoms with Crippen LogP contribution in [0.15, 0.2) is 35.1 Å². The summed E-state index contributed by atoms with van der Waals surface area (Å²) in [5, 5.41) is 8.75. The maximum absolute atomic E-state index is 6.15. The molecule has 0 amide bonds. The topological polar surface area (TPSA) is 43.1 Å². The maximum atomic E-state index is 6.15. The van der Waals surface area contributed by atoms with Gasteiger partial charge in [-0.2, -0.15) is 0 Å². The van der Waals surface area contributed by atoms with Gasteiger partial charge in [-0.05, 0) is 40.8 Å². The Morgan fingerprint density at radius 2 is 2.06 bits per heavy atom. The second-order valence-corrected chi connectivity index (χ2v) is 6.04. The fourth-order valence-electron chi connectivity index (χ4n) is 1.66. The van der Waals surface area contributed by atoms with Crippen LogP contribution in [-0.4, -0.2) is 19.6 Å². The molecule has 2 heterocycles. The van der Waals surface area contributed by atoms with Gasteiger partial charge in [0.2, 0.25) is 0 Å². The Morgan fingerprint density at radius 3 is 2.89 bits per heavy atom. The number of nitrogens with zero attached hydrogens (tertiary/aromatic N) is 4. The van der Waals surface area contributed by atoms with E-state index in [1.807, 2.05) is 18.2 Å². The summed E-state index contributed by atoms with van der Waals surface area (Å²) in [4.78, 5) is 3.99. The van der Waals surface area contributed by atoms with Crippen LogP contribution in [0.2, 0.25) is 5.15 Å². The zero-order valence-electron chi connectivity index (χ0n) is 8.81. The molecule has 0 unspecified atom stereocenters. The van der Waals surface area contributed by atoms with Crippen LogP contribution in [0.25, 0.3) is 17.0 Å². The SMILES string of the molecule is Clc1cncc2nnc(-c3cc(Br)ccc3I)n12. The zero-order valence-corrected chi connectivity index (χ0v) is 13.3. The van der Waals surface area contributed by atoms with E-state index < -0.39 is 0 Å². The van der Waals surface area contributed by atoms with Gasteiger partial charge in [0.05, 0.1) is 12.4 Å². The van der Waals surface area contributed by atoms with Gasteiger partial charge < -0.3 is 0 Å². The Bertz CT molecular complexity index is 743. The minimum absolute atomic E-state index is 0.489. The predicted molar refractivity (Wildman–Crippen MR) is 81.6 cm³/mol. The van der Waals surface area contributed by atoms with Gasteiger partial charge in [-0.1, -0.05) is 27.5 Å². The smallest absolute Gasteiger partial charge is 0.180 e. The van der Waals surface area contributed by atoms with Gasteiger partial charge >= 0.3 is 0 Å². The number of hydrogen-bond acceptors (Lipinski definition) is 3. The van der Waals surface area contributed by atoms with Gasteiger partial charge in [-0.25, -0.2) is 0 Å². The molecular formula is C11H5BrClIN4. The van der Waals surface area contributed by atoms with Crippen molar-refractivity contribution in [1.29, 1.82) is 0 Å². The molecule has 0 fully saturated rings. The van der Waals surface area contributed by atoms with E-state index in [0.717, 1.165) is 13.6 Å². The van der Waals surface area contributed by atoms with Crippen molar-refractivity contribution in [2.75, 3.05) is 0 Å². The lowest BCUT2D eigenvalue weighted by Gasteiger charge is -2.04. The van der Waals surface area contributed by atoms with Crippen LogP contribution in [0.1, 0.15) is 0 Å². The molecule has 3 aromatic rings. The quantitative estimate of drug-likeness (QED) is 0.546. The number of aromatic nitrogens is 4. The van der Waals surface area contributed by atoms with Crippen LogP contribution in [0.4, 0.5) is 0 Å². The van der Waals surface area contributed by atoms with Crippen LogP contribution in [-0.2, 0) is 0 Å². The molecule has 0 aliphatic heterocycles. The molecule has 0 atom stereocenters. The molecule has 0 aliphatic carbocycles. The van der Waals surface area contributed by atoms with Gasteiger partial charge in [0.25, 0.3) is 0 Å². The summed E-state index contributed by atoms with van der Waals surface area (Å²) in [5.41, 5.74) is 1.61. The molecule has 4 nitrogen and oxygen atoms in total. The molecule has 0 saturated carbocycles. The third-order valence-electron chi connectivity index (χ3n) is 2.44. The number of hydrogen-bond donors (Lipinski definition) is 0. The Hall–Kier alpha value is -0.730. The van der Waals surface area contributed by atoms with Crippen molar-refractivity contribution >= 4 is 55.8 Å². The Balaban J connectivity index is 2.35. The lowest BCUT2D eigenvalue weighted by atomic mass is 10.2. The lowest BCUT2D eigenvalue weighted by molar-refractivity contribution is 1.11. The number of rotatable bonds is 1. The predicted octanol–water partition coefficient (Wildman–Crippen LogP) is 3.81. The normalized spacial score (nSPS) is 11.1. The fourth-order valence-corrected chi connectivity index (χ4v) is 2.82. The summed E-state index contributed by atoms with van der Waals surface area (Å²) in [6.07, 6.45) is 3.21. The first-order chi connectivity index (χ1) is 8.66. The molecular weight excluding hydrogens is 430 g/mol. The second-order valence-electron chi connectivity index (χ2n) is 3.57. The molecule has 0 N–H and O–H groups in total. The zero-order chi connectivity index (χ0) is 12.7. The third-order valence-corrected chi connectivity index (χ3v) is 4.14. The summed E-state index contributed by atoms with van der Waals surface area (Å²) in [6.45, 7) is 0. The van der Waals surface area contributed by atoms with Crippen LogP contribution in [0.5, 0.6) is 0 Å². The largest absolute Gasteiger partial charge is 0.262 e. The highest BCUT2D eigenvalue weighted by molar-refractivity contribution is 14.1. The van der Waals surface area contributed by atoms with Crippen molar-refractivity contribution in [1.82, 2.24) is 19.6 Å². The van der Waals surface area contributed by atoms with Crippen molar-refractivity contribution in [3.05, 3.63) is 43.8 Å². The molecule has 2 aromatic heterocycles. The van der Waals surface area contributed by atoms with Crippen LogP contribution in [0, 0.1) is 3.57 Å². The number of fused-ring (bicyclic) bond motifs is 1. The molecule has 7 heteroatoms. The summed E-state index contributed by atoms with van der Waals surface area (Å²) < 4.78 is 3.84. The molecule has 3 rings (SSSR count). The first kappa shape index (κ1) is 12.3. The molecule has 0 aliphatic rings. The van der Waals surface area contributed by atoms with E-state index in [-0.39, 0.29) is 0 Å². The summed E-state index contributed by atoms with van der Waals surface area (Å²) in [6, 6.07) is 5.99. The van der Waals surface area contributed by atoms with E-state index >= 15 is 0 Å². The minimum Gasteiger partial charge on any atom is -0.262 e. The first-order valence-electron chi connectivity index (χ1n) is 4.97. The summed E-state index contributed by atoms with van der Waals surface area (Å²) >= 11 is 11.9. The molecule has 0 radical (unpaired) electrons. The molecule has 0 saturated heterocycles. The molecule has 0 spiro atoms. The second kappa shape index (κ2) is 4.75. The van der Waals surface area contributed by atoms with Crippen LogP contribution in [0.3, 0.4) is 0 Å². The Kier molecular flexibility index (Phi) is 3.25. The van der Waals surface area contributed by atoms with Gasteiger partial charge in [-0.15, -0.1) is 10.2 Å². The standard InChI is InChI=1S/C11H5BrClIN4/c12-6-1-2-8(14)7(3-6)11-17-16-10-5-15-4-9(13)18(10)11/h1-5H. The van der Waals surface area contributed by atoms with Gasteiger partial charge in [0.15, 0.2) is 11.5 Å². The Morgan fingerprint density at radius 1 is 1.22 bits per heavy atom. The average Bonchev–Trinajstić information content (AvgIpc) is 2.77. The highest BCUT2D eigenvalue weighted by Crippen LogP contribution is 2.28. The summed E-state index contributed by atoms with van der Waals surface area (Å²) in [5.74, 6) is 0.711. The monoisotopic (exact) mass is 434 g/mol. The third kappa shape index (κ3) is 2.02. The van der Waals surface area contributed by atoms with Crippen molar-refractivity contribution in [2.24, 2.45) is 0 Å². The van der Waals surface area contributed by atoms with Crippen LogP contribution < -0.4 is 0 Å². The van der Waals surface area contributed by atoms with E-state index in [1.54, 1.807) is 16.8 Å². The van der Waals surface area contributed by atoms with E-state index in [4.69, 9.17) is 11.6 Å². The van der Waals surface area contributed by atoms with Gasteiger partial charge in [0, 0.05) is 13.6 Å². The Labute approximate surface area is 130 Å². The van der Waals surface area contributed by atoms with Gasteiger partial charge in [-0.3, -0.25) is 9.38 Å². The molecule has 0 bridgehead atoms. The van der Waals surface area contributed by atoms with Crippen molar-refractivity contribution in [3.8, 4) is 11.4 Å². The first-order valence-corrected chi connectivity index (χ1v) is 7.22. The van der Waals surface area contributed by atoms with Crippen molar-refractivity contribution in [3.63, 3.8) is 0 Å². The molecule has 1 aromatic carbocycles. The average molecular weight is 435 g/mol. The highest BCUT2D eigenvalue weighted by atomic mass is 127. The summed E-state index contributed by atoms with van der Waals surface area (Å²) in [7, 11) is 0. The minimum atomic E-state index is 0.489. The van der Waals surface area contributed by atoms with E-state index in [0.29, 0.717) is 16.6 Å². The molecule has 18 heavy (non-hydrogen) atoms. The van der Waals surface area contributed by atoms with E-state index in [2.05, 4.69) is 53.7 Å². The highest BCUT2D eigenvalue weighted by Gasteiger charge is 2.13. The molecule has 90 valence electrons. The maximum Gasteiger partial charge on any atom is 0.180 e. The van der Waals surface area contributed by atoms with Crippen molar-refractivity contribution in [2.45, 2.75) is 0 Å². The van der Waals surface area contributed by atoms with Crippen LogP contribution >= 0.6 is 50.1 Å². The fraction of sp³-hybridized carbons (Fsp3) is 0. The number of halogens is 3. The van der Waals surface area contributed by atoms with E-state index in [9.17, 15) is 0 Å². The van der Waals surface area contributed by atoms with E-state index in [1.165, 1.54) is 0 Å².